The van der Waals surface area contributed by atoms with E-state index in [-0.39, 0.29) is 0 Å². The molecular formula is C14H21N5. The van der Waals surface area contributed by atoms with Crippen LogP contribution < -0.4 is 10.6 Å². The summed E-state index contributed by atoms with van der Waals surface area (Å²) in [5.74, 6) is 0.742. The van der Waals surface area contributed by atoms with Crippen LogP contribution in [0.1, 0.15) is 25.3 Å². The maximum atomic E-state index is 9.19. The molecule has 2 N–H and O–H groups in total. The van der Waals surface area contributed by atoms with Crippen molar-refractivity contribution in [2.45, 2.75) is 25.8 Å². The number of anilines is 2. The number of likely N-dealkylation sites (tertiary alicyclic amines) is 1. The van der Waals surface area contributed by atoms with Crippen molar-refractivity contribution in [1.29, 1.82) is 5.26 Å². The smallest absolute Gasteiger partial charge is 0.146 e. The Kier molecular flexibility index (Phi) is 4.23. The summed E-state index contributed by atoms with van der Waals surface area (Å²) in [4.78, 5) is 8.91. The third-order valence-electron chi connectivity index (χ3n) is 3.89. The molecule has 19 heavy (non-hydrogen) atoms. The Bertz CT molecular complexity index is 471. The number of piperidine rings is 1. The number of pyridine rings is 1. The van der Waals surface area contributed by atoms with Crippen LogP contribution in [0, 0.1) is 11.3 Å². The molecule has 0 amide bonds. The van der Waals surface area contributed by atoms with Gasteiger partial charge in [0.15, 0.2) is 0 Å². The second-order valence-electron chi connectivity index (χ2n) is 5.03. The van der Waals surface area contributed by atoms with E-state index in [1.54, 1.807) is 12.3 Å². The zero-order valence-corrected chi connectivity index (χ0v) is 11.6. The summed E-state index contributed by atoms with van der Waals surface area (Å²) in [6.45, 7) is 5.53. The normalized spacial score (nSPS) is 17.1. The van der Waals surface area contributed by atoms with Gasteiger partial charge >= 0.3 is 0 Å². The van der Waals surface area contributed by atoms with Crippen LogP contribution in [0.25, 0.3) is 0 Å². The highest BCUT2D eigenvalue weighted by Gasteiger charge is 2.23. The number of nitrogens with two attached hydrogens (primary N) is 1. The van der Waals surface area contributed by atoms with Gasteiger partial charge in [0.2, 0.25) is 0 Å². The van der Waals surface area contributed by atoms with Gasteiger partial charge in [-0.3, -0.25) is 0 Å². The Morgan fingerprint density at radius 2 is 2.21 bits per heavy atom. The van der Waals surface area contributed by atoms with Gasteiger partial charge in [-0.15, -0.1) is 0 Å². The fourth-order valence-electron chi connectivity index (χ4n) is 2.63. The van der Waals surface area contributed by atoms with E-state index in [2.05, 4.69) is 27.8 Å². The zero-order chi connectivity index (χ0) is 13.8. The first-order valence-corrected chi connectivity index (χ1v) is 6.76. The van der Waals surface area contributed by atoms with E-state index in [9.17, 15) is 5.26 Å². The predicted octanol–water partition coefficient (Wildman–Crippen LogP) is 1.46. The van der Waals surface area contributed by atoms with Gasteiger partial charge in [0.1, 0.15) is 11.9 Å². The summed E-state index contributed by atoms with van der Waals surface area (Å²) < 4.78 is 0. The number of hydrogen-bond acceptors (Lipinski definition) is 5. The van der Waals surface area contributed by atoms with E-state index in [1.807, 2.05) is 7.05 Å². The molecular weight excluding hydrogens is 238 g/mol. The molecule has 1 saturated heterocycles. The molecule has 2 rings (SSSR count). The molecule has 1 aromatic rings. The number of hydrogen-bond donors (Lipinski definition) is 1. The summed E-state index contributed by atoms with van der Waals surface area (Å²) in [7, 11) is 2.02. The second kappa shape index (κ2) is 5.89. The fourth-order valence-corrected chi connectivity index (χ4v) is 2.63. The molecule has 0 aromatic carbocycles. The quantitative estimate of drug-likeness (QED) is 0.890. The monoisotopic (exact) mass is 259 g/mol. The number of rotatable bonds is 3. The first-order valence-electron chi connectivity index (χ1n) is 6.76. The molecule has 0 aliphatic carbocycles. The van der Waals surface area contributed by atoms with Gasteiger partial charge in [-0.25, -0.2) is 4.98 Å². The summed E-state index contributed by atoms with van der Waals surface area (Å²) >= 11 is 0. The second-order valence-corrected chi connectivity index (χ2v) is 5.03. The summed E-state index contributed by atoms with van der Waals surface area (Å²) in [6.07, 6.45) is 3.84. The Hall–Kier alpha value is -1.80. The molecule has 0 unspecified atom stereocenters. The van der Waals surface area contributed by atoms with Crippen LogP contribution in [-0.2, 0) is 0 Å². The highest BCUT2D eigenvalue weighted by molar-refractivity contribution is 5.58. The standard InChI is InChI=1S/C14H21N5/c1-3-19-6-4-13(5-7-19)18(2)14-11(9-15)8-12(16)10-17-14/h8,10,13H,3-7,16H2,1-2H3. The predicted molar refractivity (Wildman–Crippen MR) is 76.9 cm³/mol. The topological polar surface area (TPSA) is 69.2 Å². The van der Waals surface area contributed by atoms with Crippen molar-refractivity contribution in [1.82, 2.24) is 9.88 Å². The first kappa shape index (κ1) is 13.6. The minimum absolute atomic E-state index is 0.450. The van der Waals surface area contributed by atoms with Crippen molar-refractivity contribution < 1.29 is 0 Å². The Labute approximate surface area is 114 Å². The van der Waals surface area contributed by atoms with Crippen LogP contribution >= 0.6 is 0 Å². The maximum absolute atomic E-state index is 9.19. The number of nitrogen functional groups attached to an aromatic ring is 1. The molecule has 102 valence electrons. The van der Waals surface area contributed by atoms with E-state index in [4.69, 9.17) is 5.73 Å². The SMILES string of the molecule is CCN1CCC(N(C)c2ncc(N)cc2C#N)CC1. The van der Waals surface area contributed by atoms with Crippen molar-refractivity contribution >= 4 is 11.5 Å². The molecule has 0 atom stereocenters. The van der Waals surface area contributed by atoms with Crippen LogP contribution in [0.5, 0.6) is 0 Å². The largest absolute Gasteiger partial charge is 0.397 e. The molecule has 0 bridgehead atoms. The van der Waals surface area contributed by atoms with E-state index in [0.717, 1.165) is 38.3 Å². The molecule has 0 spiro atoms. The molecule has 1 aliphatic rings. The maximum Gasteiger partial charge on any atom is 0.146 e. The highest BCUT2D eigenvalue weighted by Crippen LogP contribution is 2.24. The summed E-state index contributed by atoms with van der Waals surface area (Å²) in [5.41, 5.74) is 6.77. The van der Waals surface area contributed by atoms with E-state index < -0.39 is 0 Å². The third-order valence-corrected chi connectivity index (χ3v) is 3.89. The molecule has 0 saturated carbocycles. The van der Waals surface area contributed by atoms with Gasteiger partial charge in [-0.05, 0) is 25.5 Å². The lowest BCUT2D eigenvalue weighted by Gasteiger charge is -2.37. The molecule has 1 aromatic heterocycles. The van der Waals surface area contributed by atoms with Crippen LogP contribution in [0.4, 0.5) is 11.5 Å². The van der Waals surface area contributed by atoms with E-state index in [0.29, 0.717) is 17.3 Å². The number of nitriles is 1. The van der Waals surface area contributed by atoms with Crippen LogP contribution in [0.3, 0.4) is 0 Å². The third kappa shape index (κ3) is 2.96. The average molecular weight is 259 g/mol. The molecule has 1 fully saturated rings. The minimum atomic E-state index is 0.450. The lowest BCUT2D eigenvalue weighted by atomic mass is 10.0. The lowest BCUT2D eigenvalue weighted by Crippen LogP contribution is -2.43. The van der Waals surface area contributed by atoms with Crippen molar-refractivity contribution in [3.8, 4) is 6.07 Å². The molecule has 5 heteroatoms. The van der Waals surface area contributed by atoms with Gasteiger partial charge in [0.05, 0.1) is 17.4 Å². The van der Waals surface area contributed by atoms with Crippen molar-refractivity contribution in [2.75, 3.05) is 37.3 Å². The van der Waals surface area contributed by atoms with Gasteiger partial charge in [-0.2, -0.15) is 5.26 Å². The molecule has 0 radical (unpaired) electrons. The lowest BCUT2D eigenvalue weighted by molar-refractivity contribution is 0.220. The van der Waals surface area contributed by atoms with Crippen molar-refractivity contribution in [3.05, 3.63) is 17.8 Å². The average Bonchev–Trinajstić information content (AvgIpc) is 2.46. The van der Waals surface area contributed by atoms with E-state index >= 15 is 0 Å². The Balaban J connectivity index is 2.12. The first-order chi connectivity index (χ1) is 9.15. The van der Waals surface area contributed by atoms with Gasteiger partial charge in [-0.1, -0.05) is 6.92 Å². The summed E-state index contributed by atoms with van der Waals surface area (Å²) in [5, 5.41) is 9.19. The Morgan fingerprint density at radius 1 is 1.53 bits per heavy atom. The van der Waals surface area contributed by atoms with Crippen LogP contribution in [0.15, 0.2) is 12.3 Å². The highest BCUT2D eigenvalue weighted by atomic mass is 15.2. The van der Waals surface area contributed by atoms with Gasteiger partial charge in [0, 0.05) is 26.2 Å². The van der Waals surface area contributed by atoms with Gasteiger partial charge < -0.3 is 15.5 Å². The minimum Gasteiger partial charge on any atom is -0.397 e. The van der Waals surface area contributed by atoms with Crippen LogP contribution in [-0.4, -0.2) is 42.6 Å². The van der Waals surface area contributed by atoms with Crippen molar-refractivity contribution in [3.63, 3.8) is 0 Å². The van der Waals surface area contributed by atoms with E-state index in [1.165, 1.54) is 0 Å². The Morgan fingerprint density at radius 3 is 2.79 bits per heavy atom. The summed E-state index contributed by atoms with van der Waals surface area (Å²) in [6, 6.07) is 4.33. The molecule has 1 aliphatic heterocycles. The van der Waals surface area contributed by atoms with Crippen molar-refractivity contribution in [2.24, 2.45) is 0 Å². The molecule has 5 nitrogen and oxygen atoms in total. The van der Waals surface area contributed by atoms with Gasteiger partial charge in [0.25, 0.3) is 0 Å². The molecule has 2 heterocycles. The van der Waals surface area contributed by atoms with Crippen LogP contribution in [0.2, 0.25) is 0 Å². The number of nitrogens with zero attached hydrogens (tertiary/aromatic N) is 4. The zero-order valence-electron chi connectivity index (χ0n) is 11.6. The fraction of sp³-hybridized carbons (Fsp3) is 0.571. The number of aromatic nitrogens is 1.